The van der Waals surface area contributed by atoms with Gasteiger partial charge in [-0.1, -0.05) is 27.6 Å². The molecule has 4 nitrogen and oxygen atoms in total. The van der Waals surface area contributed by atoms with Gasteiger partial charge in [-0.2, -0.15) is 8.42 Å². The van der Waals surface area contributed by atoms with Crippen molar-refractivity contribution in [1.29, 1.82) is 0 Å². The zero-order valence-electron chi connectivity index (χ0n) is 8.41. The van der Waals surface area contributed by atoms with Crippen LogP contribution in [0.25, 0.3) is 0 Å². The van der Waals surface area contributed by atoms with Gasteiger partial charge in [0.25, 0.3) is 16.1 Å². The van der Waals surface area contributed by atoms with Crippen LogP contribution in [0.3, 0.4) is 0 Å². The maximum atomic E-state index is 11.6. The lowest BCUT2D eigenvalue weighted by Crippen LogP contribution is -2.02. The van der Waals surface area contributed by atoms with Crippen molar-refractivity contribution in [3.63, 3.8) is 0 Å². The molecule has 0 radical (unpaired) electrons. The van der Waals surface area contributed by atoms with Gasteiger partial charge < -0.3 is 0 Å². The van der Waals surface area contributed by atoms with E-state index >= 15 is 0 Å². The van der Waals surface area contributed by atoms with Crippen molar-refractivity contribution in [3.8, 4) is 0 Å². The Hall–Kier alpha value is -0.870. The maximum Gasteiger partial charge on any atom is 0.294 e. The molecular formula is C9H7Cl2NO3S. The number of hydrogen-bond acceptors (Lipinski definition) is 3. The Labute approximate surface area is 103 Å². The first-order valence-corrected chi connectivity index (χ1v) is 6.30. The van der Waals surface area contributed by atoms with Crippen LogP contribution < -0.4 is 0 Å². The average Bonchev–Trinajstić information content (AvgIpc) is 2.14. The number of halogens is 2. The molecule has 7 heteroatoms. The standard InChI is InChI=1S/C9H7Cl2NO3S/c1-5-3-7(10)6(2)9(8(5)11)16(14,15)12-4-13/h3H,1-2H3. The number of nitrogens with zero attached hydrogens (tertiary/aromatic N) is 1. The summed E-state index contributed by atoms with van der Waals surface area (Å²) in [6.45, 7) is 3.10. The molecule has 0 aliphatic heterocycles. The monoisotopic (exact) mass is 279 g/mol. The molecule has 0 amide bonds. The van der Waals surface area contributed by atoms with E-state index < -0.39 is 10.0 Å². The van der Waals surface area contributed by atoms with Gasteiger partial charge in [-0.25, -0.2) is 4.79 Å². The number of aryl methyl sites for hydroxylation is 1. The zero-order chi connectivity index (χ0) is 12.5. The number of benzene rings is 1. The first-order chi connectivity index (χ1) is 7.31. The molecule has 1 aromatic rings. The predicted molar refractivity (Wildman–Crippen MR) is 61.2 cm³/mol. The van der Waals surface area contributed by atoms with Crippen molar-refractivity contribution in [2.45, 2.75) is 18.7 Å². The van der Waals surface area contributed by atoms with E-state index in [-0.39, 0.29) is 20.5 Å². The summed E-state index contributed by atoms with van der Waals surface area (Å²) in [5, 5.41) is 0.266. The first-order valence-electron chi connectivity index (χ1n) is 4.10. The molecule has 1 aromatic carbocycles. The van der Waals surface area contributed by atoms with Gasteiger partial charge in [0.2, 0.25) is 0 Å². The van der Waals surface area contributed by atoms with Gasteiger partial charge in [-0.15, -0.1) is 0 Å². The molecule has 0 bridgehead atoms. The quantitative estimate of drug-likeness (QED) is 0.618. The summed E-state index contributed by atoms with van der Waals surface area (Å²) < 4.78 is 26.0. The van der Waals surface area contributed by atoms with E-state index in [1.54, 1.807) is 13.0 Å². The summed E-state index contributed by atoms with van der Waals surface area (Å²) in [6.07, 6.45) is 0.985. The highest BCUT2D eigenvalue weighted by atomic mass is 35.5. The second-order valence-corrected chi connectivity index (χ2v) is 5.43. The van der Waals surface area contributed by atoms with Crippen molar-refractivity contribution < 1.29 is 13.2 Å². The van der Waals surface area contributed by atoms with Gasteiger partial charge in [0.05, 0.1) is 5.02 Å². The van der Waals surface area contributed by atoms with Gasteiger partial charge in [0, 0.05) is 5.02 Å². The lowest BCUT2D eigenvalue weighted by atomic mass is 10.2. The number of sulfonamides is 1. The number of hydrogen-bond donors (Lipinski definition) is 0. The molecule has 0 saturated carbocycles. The lowest BCUT2D eigenvalue weighted by molar-refractivity contribution is 0.563. The Kier molecular flexibility index (Phi) is 3.76. The average molecular weight is 280 g/mol. The molecule has 0 aliphatic carbocycles. The van der Waals surface area contributed by atoms with Crippen molar-refractivity contribution in [1.82, 2.24) is 0 Å². The molecule has 0 aromatic heterocycles. The smallest absolute Gasteiger partial charge is 0.210 e. The second kappa shape index (κ2) is 4.55. The summed E-state index contributed by atoms with van der Waals surface area (Å²) in [4.78, 5) is 9.79. The Morgan fingerprint density at radius 3 is 2.38 bits per heavy atom. The molecule has 86 valence electrons. The van der Waals surface area contributed by atoms with Crippen LogP contribution in [0.15, 0.2) is 15.4 Å². The van der Waals surface area contributed by atoms with Crippen LogP contribution in [0.1, 0.15) is 11.1 Å². The van der Waals surface area contributed by atoms with Gasteiger partial charge in [-0.3, -0.25) is 0 Å². The molecule has 0 atom stereocenters. The molecule has 0 heterocycles. The highest BCUT2D eigenvalue weighted by Gasteiger charge is 2.23. The van der Waals surface area contributed by atoms with E-state index in [0.29, 0.717) is 5.56 Å². The van der Waals surface area contributed by atoms with Gasteiger partial charge >= 0.3 is 0 Å². The normalized spacial score (nSPS) is 11.0. The van der Waals surface area contributed by atoms with Gasteiger partial charge in [0.1, 0.15) is 4.90 Å². The topological polar surface area (TPSA) is 63.6 Å². The number of rotatable bonds is 2. The van der Waals surface area contributed by atoms with Crippen molar-refractivity contribution in [3.05, 3.63) is 27.2 Å². The molecule has 0 saturated heterocycles. The third-order valence-electron chi connectivity index (χ3n) is 2.00. The Morgan fingerprint density at radius 1 is 1.31 bits per heavy atom. The fourth-order valence-electron chi connectivity index (χ4n) is 1.22. The van der Waals surface area contributed by atoms with E-state index in [1.165, 1.54) is 6.92 Å². The van der Waals surface area contributed by atoms with Crippen LogP contribution in [-0.2, 0) is 14.8 Å². The molecular weight excluding hydrogens is 273 g/mol. The van der Waals surface area contributed by atoms with Crippen LogP contribution in [-0.4, -0.2) is 14.5 Å². The Morgan fingerprint density at radius 2 is 1.88 bits per heavy atom. The largest absolute Gasteiger partial charge is 0.294 e. The number of carbonyl (C=O) groups excluding carboxylic acids is 1. The van der Waals surface area contributed by atoms with Gasteiger partial charge in [0.15, 0.2) is 0 Å². The molecule has 0 unspecified atom stereocenters. The zero-order valence-corrected chi connectivity index (χ0v) is 10.7. The molecule has 0 aliphatic rings. The first kappa shape index (κ1) is 13.2. The minimum Gasteiger partial charge on any atom is -0.210 e. The van der Waals surface area contributed by atoms with Crippen LogP contribution in [0.5, 0.6) is 0 Å². The fraction of sp³-hybridized carbons (Fsp3) is 0.222. The molecule has 1 rings (SSSR count). The van der Waals surface area contributed by atoms with Crippen LogP contribution in [0.4, 0.5) is 0 Å². The summed E-state index contributed by atoms with van der Waals surface area (Å²) >= 11 is 11.7. The molecule has 0 spiro atoms. The van der Waals surface area contributed by atoms with E-state index in [4.69, 9.17) is 23.2 Å². The summed E-state index contributed by atoms with van der Waals surface area (Å²) in [5.41, 5.74) is 0.758. The summed E-state index contributed by atoms with van der Waals surface area (Å²) in [7, 11) is -4.13. The van der Waals surface area contributed by atoms with E-state index in [2.05, 4.69) is 4.40 Å². The molecule has 16 heavy (non-hydrogen) atoms. The Bertz CT molecular complexity index is 563. The Balaban J connectivity index is 3.76. The van der Waals surface area contributed by atoms with E-state index in [0.717, 1.165) is 6.08 Å². The predicted octanol–water partition coefficient (Wildman–Crippen LogP) is 2.63. The molecule has 0 N–H and O–H groups in total. The third-order valence-corrected chi connectivity index (χ3v) is 4.34. The minimum atomic E-state index is -4.13. The summed E-state index contributed by atoms with van der Waals surface area (Å²) in [5.74, 6) is 0. The third kappa shape index (κ3) is 2.28. The van der Waals surface area contributed by atoms with Crippen LogP contribution >= 0.6 is 23.2 Å². The highest BCUT2D eigenvalue weighted by molar-refractivity contribution is 7.90. The fourth-order valence-corrected chi connectivity index (χ4v) is 3.09. The highest BCUT2D eigenvalue weighted by Crippen LogP contribution is 2.34. The van der Waals surface area contributed by atoms with Crippen molar-refractivity contribution >= 4 is 39.3 Å². The van der Waals surface area contributed by atoms with E-state index in [9.17, 15) is 13.2 Å². The maximum absolute atomic E-state index is 11.6. The lowest BCUT2D eigenvalue weighted by Gasteiger charge is -2.09. The minimum absolute atomic E-state index is 0.0147. The van der Waals surface area contributed by atoms with E-state index in [1.807, 2.05) is 0 Å². The van der Waals surface area contributed by atoms with Gasteiger partial charge in [-0.05, 0) is 31.0 Å². The number of isocyanates is 1. The SMILES string of the molecule is Cc1cc(Cl)c(C)c(S(=O)(=O)N=C=O)c1Cl. The van der Waals surface area contributed by atoms with Crippen molar-refractivity contribution in [2.75, 3.05) is 0 Å². The van der Waals surface area contributed by atoms with Crippen LogP contribution in [0, 0.1) is 13.8 Å². The second-order valence-electron chi connectivity index (χ2n) is 3.10. The van der Waals surface area contributed by atoms with Crippen LogP contribution in [0.2, 0.25) is 10.0 Å². The van der Waals surface area contributed by atoms with Crippen molar-refractivity contribution in [2.24, 2.45) is 4.40 Å². The summed E-state index contributed by atoms with van der Waals surface area (Å²) in [6, 6.07) is 1.54. The molecule has 0 fully saturated rings.